The molecule has 0 bridgehead atoms. The van der Waals surface area contributed by atoms with Crippen LogP contribution in [0.3, 0.4) is 0 Å². The first-order valence-corrected chi connectivity index (χ1v) is 10.3. The molecule has 2 amide bonds. The molecule has 0 spiro atoms. The Morgan fingerprint density at radius 2 is 2.03 bits per heavy atom. The number of rotatable bonds is 3. The molecular weight excluding hydrogens is 369 g/mol. The van der Waals surface area contributed by atoms with Gasteiger partial charge in [-0.05, 0) is 56.4 Å². The van der Waals surface area contributed by atoms with Gasteiger partial charge in [-0.1, -0.05) is 30.7 Å². The molecule has 0 aliphatic carbocycles. The molecule has 152 valence electrons. The fourth-order valence-electron chi connectivity index (χ4n) is 4.65. The van der Waals surface area contributed by atoms with Crippen molar-refractivity contribution in [1.82, 2.24) is 15.2 Å². The number of carbonyl (C=O) groups is 2. The van der Waals surface area contributed by atoms with Crippen molar-refractivity contribution >= 4 is 11.8 Å². The third kappa shape index (κ3) is 4.16. The molecule has 3 atom stereocenters. The minimum absolute atomic E-state index is 0.0346. The normalized spacial score (nSPS) is 24.4. The maximum Gasteiger partial charge on any atom is 0.273 e. The maximum atomic E-state index is 14.3. The van der Waals surface area contributed by atoms with Gasteiger partial charge in [0.05, 0.1) is 12.1 Å². The van der Waals surface area contributed by atoms with Crippen LogP contribution in [0.15, 0.2) is 42.5 Å². The highest BCUT2D eigenvalue weighted by atomic mass is 19.1. The van der Waals surface area contributed by atoms with Crippen LogP contribution in [-0.2, 0) is 11.2 Å². The molecule has 0 saturated carbocycles. The van der Waals surface area contributed by atoms with Gasteiger partial charge in [-0.15, -0.1) is 0 Å². The fourth-order valence-corrected chi connectivity index (χ4v) is 4.65. The Morgan fingerprint density at radius 3 is 2.83 bits per heavy atom. The number of nitrogens with zero attached hydrogens (tertiary/aromatic N) is 2. The zero-order chi connectivity index (χ0) is 20.4. The molecule has 6 heteroatoms. The van der Waals surface area contributed by atoms with E-state index in [4.69, 9.17) is 0 Å². The first kappa shape index (κ1) is 19.6. The second-order valence-electron chi connectivity index (χ2n) is 8.05. The third-order valence-corrected chi connectivity index (χ3v) is 6.00. The van der Waals surface area contributed by atoms with Gasteiger partial charge in [-0.25, -0.2) is 9.37 Å². The van der Waals surface area contributed by atoms with Gasteiger partial charge >= 0.3 is 0 Å². The van der Waals surface area contributed by atoms with E-state index in [1.807, 2.05) is 30.0 Å². The van der Waals surface area contributed by atoms with Crippen molar-refractivity contribution < 1.29 is 14.0 Å². The summed E-state index contributed by atoms with van der Waals surface area (Å²) in [5.74, 6) is -0.369. The number of likely N-dealkylation sites (tertiary alicyclic amines) is 1. The highest BCUT2D eigenvalue weighted by Crippen LogP contribution is 2.33. The van der Waals surface area contributed by atoms with Crippen molar-refractivity contribution in [3.63, 3.8) is 0 Å². The number of carbonyl (C=O) groups excluding carboxylic acids is 2. The summed E-state index contributed by atoms with van der Waals surface area (Å²) in [6.07, 6.45) is 4.12. The molecule has 2 aliphatic rings. The maximum absolute atomic E-state index is 14.3. The van der Waals surface area contributed by atoms with E-state index in [0.29, 0.717) is 30.5 Å². The van der Waals surface area contributed by atoms with Gasteiger partial charge < -0.3 is 10.2 Å². The molecule has 1 aromatic heterocycles. The van der Waals surface area contributed by atoms with Crippen LogP contribution in [0.25, 0.3) is 0 Å². The molecule has 2 aromatic rings. The van der Waals surface area contributed by atoms with Crippen molar-refractivity contribution in [1.29, 1.82) is 0 Å². The second kappa shape index (κ2) is 8.31. The van der Waals surface area contributed by atoms with Crippen molar-refractivity contribution in [3.8, 4) is 0 Å². The van der Waals surface area contributed by atoms with Gasteiger partial charge in [-0.3, -0.25) is 9.59 Å². The molecule has 29 heavy (non-hydrogen) atoms. The van der Waals surface area contributed by atoms with Gasteiger partial charge in [0.2, 0.25) is 5.91 Å². The predicted molar refractivity (Wildman–Crippen MR) is 108 cm³/mol. The first-order valence-electron chi connectivity index (χ1n) is 10.3. The minimum Gasteiger partial charge on any atom is -0.351 e. The largest absolute Gasteiger partial charge is 0.351 e. The average molecular weight is 395 g/mol. The first-order chi connectivity index (χ1) is 14.0. The molecule has 1 aromatic carbocycles. The monoisotopic (exact) mass is 395 g/mol. The SMILES string of the molecule is Cc1cccc(C(=O)N2[C@@H](Cc3ccccc3F)C[C@H]3NC(=O)CCCC[C@@H]32)n1. The summed E-state index contributed by atoms with van der Waals surface area (Å²) in [5.41, 5.74) is 1.77. The van der Waals surface area contributed by atoms with Crippen LogP contribution in [0.4, 0.5) is 4.39 Å². The van der Waals surface area contributed by atoms with Crippen molar-refractivity contribution in [3.05, 3.63) is 65.2 Å². The quantitative estimate of drug-likeness (QED) is 0.866. The number of pyridine rings is 1. The second-order valence-corrected chi connectivity index (χ2v) is 8.05. The topological polar surface area (TPSA) is 62.3 Å². The van der Waals surface area contributed by atoms with E-state index in [1.54, 1.807) is 18.2 Å². The highest BCUT2D eigenvalue weighted by molar-refractivity contribution is 5.93. The summed E-state index contributed by atoms with van der Waals surface area (Å²) in [4.78, 5) is 32.0. The average Bonchev–Trinajstić information content (AvgIpc) is 3.00. The molecule has 4 rings (SSSR count). The Labute approximate surface area is 170 Å². The number of halogens is 1. The zero-order valence-corrected chi connectivity index (χ0v) is 16.6. The lowest BCUT2D eigenvalue weighted by atomic mass is 9.97. The standard InChI is InChI=1S/C23H26FN3O2/c1-15-7-6-10-19(25-15)23(29)27-17(13-16-8-2-3-9-18(16)24)14-20-21(27)11-4-5-12-22(28)26-20/h2-3,6-10,17,20-21H,4-5,11-14H2,1H3,(H,26,28)/t17-,20+,21-/m0/s1. The van der Waals surface area contributed by atoms with Crippen LogP contribution in [0.5, 0.6) is 0 Å². The lowest BCUT2D eigenvalue weighted by Crippen LogP contribution is -2.49. The Balaban J connectivity index is 1.68. The number of fused-ring (bicyclic) bond motifs is 1. The van der Waals surface area contributed by atoms with Gasteiger partial charge in [0, 0.05) is 18.2 Å². The van der Waals surface area contributed by atoms with E-state index in [-0.39, 0.29) is 35.8 Å². The van der Waals surface area contributed by atoms with Gasteiger partial charge in [-0.2, -0.15) is 0 Å². The predicted octanol–water partition coefficient (Wildman–Crippen LogP) is 3.41. The molecule has 2 fully saturated rings. The van der Waals surface area contributed by atoms with E-state index < -0.39 is 0 Å². The van der Waals surface area contributed by atoms with Crippen LogP contribution in [0, 0.1) is 12.7 Å². The Hall–Kier alpha value is -2.76. The Kier molecular flexibility index (Phi) is 5.60. The van der Waals surface area contributed by atoms with Crippen LogP contribution in [-0.4, -0.2) is 39.8 Å². The van der Waals surface area contributed by atoms with Gasteiger partial charge in [0.1, 0.15) is 11.5 Å². The van der Waals surface area contributed by atoms with E-state index in [0.717, 1.165) is 25.0 Å². The summed E-state index contributed by atoms with van der Waals surface area (Å²) < 4.78 is 14.3. The molecule has 3 heterocycles. The molecule has 2 saturated heterocycles. The zero-order valence-electron chi connectivity index (χ0n) is 16.6. The van der Waals surface area contributed by atoms with E-state index in [1.165, 1.54) is 6.07 Å². The molecular formula is C23H26FN3O2. The van der Waals surface area contributed by atoms with Crippen molar-refractivity contribution in [2.45, 2.75) is 63.6 Å². The third-order valence-electron chi connectivity index (χ3n) is 6.00. The minimum atomic E-state index is -0.262. The number of aromatic nitrogens is 1. The number of aryl methyl sites for hydroxylation is 1. The summed E-state index contributed by atoms with van der Waals surface area (Å²) in [5, 5.41) is 3.11. The lowest BCUT2D eigenvalue weighted by Gasteiger charge is -2.33. The number of amides is 2. The smallest absolute Gasteiger partial charge is 0.273 e. The summed E-state index contributed by atoms with van der Waals surface area (Å²) in [6.45, 7) is 1.86. The molecule has 5 nitrogen and oxygen atoms in total. The number of nitrogens with one attached hydrogen (secondary N) is 1. The van der Waals surface area contributed by atoms with Crippen LogP contribution in [0.1, 0.15) is 53.8 Å². The number of hydrogen-bond acceptors (Lipinski definition) is 3. The van der Waals surface area contributed by atoms with Crippen molar-refractivity contribution in [2.75, 3.05) is 0 Å². The summed E-state index contributed by atoms with van der Waals surface area (Å²) >= 11 is 0. The number of hydrogen-bond donors (Lipinski definition) is 1. The summed E-state index contributed by atoms with van der Waals surface area (Å²) in [7, 11) is 0. The van der Waals surface area contributed by atoms with Crippen LogP contribution >= 0.6 is 0 Å². The van der Waals surface area contributed by atoms with E-state index >= 15 is 0 Å². The van der Waals surface area contributed by atoms with Crippen LogP contribution in [0.2, 0.25) is 0 Å². The molecule has 0 unspecified atom stereocenters. The lowest BCUT2D eigenvalue weighted by molar-refractivity contribution is -0.122. The Morgan fingerprint density at radius 1 is 1.21 bits per heavy atom. The van der Waals surface area contributed by atoms with Crippen LogP contribution < -0.4 is 5.32 Å². The van der Waals surface area contributed by atoms with Crippen molar-refractivity contribution in [2.24, 2.45) is 0 Å². The van der Waals surface area contributed by atoms with E-state index in [2.05, 4.69) is 10.3 Å². The Bertz CT molecular complexity index is 917. The van der Waals surface area contributed by atoms with Gasteiger partial charge in [0.25, 0.3) is 5.91 Å². The fraction of sp³-hybridized carbons (Fsp3) is 0.435. The molecule has 2 aliphatic heterocycles. The molecule has 1 N–H and O–H groups in total. The van der Waals surface area contributed by atoms with Gasteiger partial charge in [0.15, 0.2) is 0 Å². The molecule has 0 radical (unpaired) electrons. The summed E-state index contributed by atoms with van der Waals surface area (Å²) in [6, 6.07) is 11.7. The number of benzene rings is 1. The van der Waals surface area contributed by atoms with E-state index in [9.17, 15) is 14.0 Å². The highest BCUT2D eigenvalue weighted by Gasteiger charge is 2.45.